The van der Waals surface area contributed by atoms with Crippen LogP contribution in [0.1, 0.15) is 47.8 Å². The van der Waals surface area contributed by atoms with E-state index in [0.717, 1.165) is 49.1 Å². The molecule has 0 spiro atoms. The van der Waals surface area contributed by atoms with Gasteiger partial charge in [-0.05, 0) is 50.0 Å². The van der Waals surface area contributed by atoms with Crippen LogP contribution in [-0.4, -0.2) is 34.1 Å². The average Bonchev–Trinajstić information content (AvgIpc) is 2.45. The van der Waals surface area contributed by atoms with E-state index in [4.69, 9.17) is 0 Å². The molecule has 0 amide bonds. The summed E-state index contributed by atoms with van der Waals surface area (Å²) in [5, 5.41) is 12.7. The number of aryl methyl sites for hydroxylation is 2. The Labute approximate surface area is 124 Å². The summed E-state index contributed by atoms with van der Waals surface area (Å²) in [6, 6.07) is 2.08. The third-order valence-electron chi connectivity index (χ3n) is 3.73. The summed E-state index contributed by atoms with van der Waals surface area (Å²) >= 11 is 1.76. The Balaban J connectivity index is 2.31. The van der Waals surface area contributed by atoms with E-state index in [1.807, 2.05) is 6.07 Å². The van der Waals surface area contributed by atoms with Crippen LogP contribution in [0.25, 0.3) is 0 Å². The van der Waals surface area contributed by atoms with Gasteiger partial charge in [0.05, 0.1) is 0 Å². The molecular formula is C15H22N2O2S. The topological polar surface area (TPSA) is 62.2 Å². The van der Waals surface area contributed by atoms with E-state index < -0.39 is 5.97 Å². The van der Waals surface area contributed by atoms with Gasteiger partial charge in [0.25, 0.3) is 0 Å². The van der Waals surface area contributed by atoms with Gasteiger partial charge in [0.2, 0.25) is 0 Å². The molecule has 5 heteroatoms. The van der Waals surface area contributed by atoms with E-state index in [9.17, 15) is 9.90 Å². The molecule has 0 radical (unpaired) electrons. The smallest absolute Gasteiger partial charge is 0.339 e. The third-order valence-corrected chi connectivity index (χ3v) is 4.47. The molecule has 4 nitrogen and oxygen atoms in total. The summed E-state index contributed by atoms with van der Waals surface area (Å²) in [5.41, 5.74) is 2.49. The number of aromatic nitrogens is 1. The fourth-order valence-electron chi connectivity index (χ4n) is 2.56. The predicted octanol–water partition coefficient (Wildman–Crippen LogP) is 3.21. The number of nitrogens with zero attached hydrogens (tertiary/aromatic N) is 1. The van der Waals surface area contributed by atoms with Crippen molar-refractivity contribution in [1.29, 1.82) is 0 Å². The number of hydrogen-bond donors (Lipinski definition) is 2. The second kappa shape index (κ2) is 6.97. The van der Waals surface area contributed by atoms with Crippen LogP contribution in [0.3, 0.4) is 0 Å². The molecule has 0 aliphatic heterocycles. The Hall–Kier alpha value is -1.23. The number of aromatic carboxylic acids is 1. The zero-order chi connectivity index (χ0) is 14.5. The number of thioether (sulfide) groups is 1. The fourth-order valence-corrected chi connectivity index (χ4v) is 3.28. The number of anilines is 1. The minimum Gasteiger partial charge on any atom is -0.478 e. The van der Waals surface area contributed by atoms with Crippen molar-refractivity contribution >= 4 is 23.5 Å². The molecule has 1 aliphatic rings. The molecule has 0 saturated heterocycles. The molecular weight excluding hydrogens is 272 g/mol. The quantitative estimate of drug-likeness (QED) is 0.843. The first-order valence-corrected chi connectivity index (χ1v) is 8.56. The maximum atomic E-state index is 11.5. The van der Waals surface area contributed by atoms with Gasteiger partial charge in [0.15, 0.2) is 0 Å². The average molecular weight is 294 g/mol. The van der Waals surface area contributed by atoms with Crippen LogP contribution in [0.2, 0.25) is 0 Å². The van der Waals surface area contributed by atoms with E-state index in [1.165, 1.54) is 0 Å². The van der Waals surface area contributed by atoms with E-state index in [-0.39, 0.29) is 6.04 Å². The Bertz CT molecular complexity index is 491. The molecule has 1 aromatic heterocycles. The number of carboxylic acid groups (broad SMARTS) is 1. The van der Waals surface area contributed by atoms with Crippen LogP contribution in [0.5, 0.6) is 0 Å². The molecule has 1 aromatic rings. The Morgan fingerprint density at radius 3 is 2.90 bits per heavy atom. The first-order valence-electron chi connectivity index (χ1n) is 7.17. The van der Waals surface area contributed by atoms with Crippen molar-refractivity contribution in [2.45, 2.75) is 45.1 Å². The zero-order valence-corrected chi connectivity index (χ0v) is 12.9. The van der Waals surface area contributed by atoms with Gasteiger partial charge in [-0.3, -0.25) is 0 Å². The van der Waals surface area contributed by atoms with Crippen molar-refractivity contribution in [2.24, 2.45) is 0 Å². The van der Waals surface area contributed by atoms with Gasteiger partial charge in [-0.25, -0.2) is 9.78 Å². The Kier molecular flexibility index (Phi) is 5.29. The van der Waals surface area contributed by atoms with Gasteiger partial charge in [-0.2, -0.15) is 11.8 Å². The highest BCUT2D eigenvalue weighted by Crippen LogP contribution is 2.25. The molecule has 2 rings (SSSR count). The first kappa shape index (κ1) is 15.2. The van der Waals surface area contributed by atoms with Crippen molar-refractivity contribution in [3.63, 3.8) is 0 Å². The first-order chi connectivity index (χ1) is 9.65. The molecule has 1 atom stereocenters. The van der Waals surface area contributed by atoms with E-state index in [1.54, 1.807) is 11.8 Å². The molecule has 20 heavy (non-hydrogen) atoms. The fraction of sp³-hybridized carbons (Fsp3) is 0.600. The molecule has 0 bridgehead atoms. The second-order valence-corrected chi connectivity index (χ2v) is 6.12. The van der Waals surface area contributed by atoms with Crippen LogP contribution in [0.15, 0.2) is 6.07 Å². The Morgan fingerprint density at radius 1 is 1.50 bits per heavy atom. The summed E-state index contributed by atoms with van der Waals surface area (Å²) in [6.07, 6.45) is 7.20. The number of carboxylic acids is 1. The summed E-state index contributed by atoms with van der Waals surface area (Å²) in [7, 11) is 0. The summed E-state index contributed by atoms with van der Waals surface area (Å²) in [4.78, 5) is 16.1. The third kappa shape index (κ3) is 3.45. The SMILES string of the molecule is CCC(CSC)Nc1nc2c(cc1C(=O)O)CCCC2. The second-order valence-electron chi connectivity index (χ2n) is 5.21. The van der Waals surface area contributed by atoms with Gasteiger partial charge in [0.1, 0.15) is 11.4 Å². The molecule has 2 N–H and O–H groups in total. The summed E-state index contributed by atoms with van der Waals surface area (Å²) in [5.74, 6) is 0.598. The van der Waals surface area contributed by atoms with E-state index >= 15 is 0 Å². The van der Waals surface area contributed by atoms with Gasteiger partial charge in [0, 0.05) is 17.5 Å². The number of pyridine rings is 1. The highest BCUT2D eigenvalue weighted by Gasteiger charge is 2.20. The lowest BCUT2D eigenvalue weighted by Crippen LogP contribution is -2.24. The lowest BCUT2D eigenvalue weighted by molar-refractivity contribution is 0.0697. The van der Waals surface area contributed by atoms with Crippen LogP contribution in [-0.2, 0) is 12.8 Å². The molecule has 0 aromatic carbocycles. The van der Waals surface area contributed by atoms with Crippen LogP contribution in [0, 0.1) is 0 Å². The highest BCUT2D eigenvalue weighted by atomic mass is 32.2. The van der Waals surface area contributed by atoms with E-state index in [0.29, 0.717) is 11.4 Å². The van der Waals surface area contributed by atoms with Crippen molar-refractivity contribution in [3.05, 3.63) is 22.9 Å². The van der Waals surface area contributed by atoms with Crippen LogP contribution < -0.4 is 5.32 Å². The van der Waals surface area contributed by atoms with Crippen molar-refractivity contribution < 1.29 is 9.90 Å². The van der Waals surface area contributed by atoms with E-state index in [2.05, 4.69) is 23.5 Å². The lowest BCUT2D eigenvalue weighted by atomic mass is 9.94. The van der Waals surface area contributed by atoms with Crippen molar-refractivity contribution in [3.8, 4) is 0 Å². The predicted molar refractivity (Wildman–Crippen MR) is 83.9 cm³/mol. The largest absolute Gasteiger partial charge is 0.478 e. The molecule has 110 valence electrons. The number of fused-ring (bicyclic) bond motifs is 1. The molecule has 0 saturated carbocycles. The highest BCUT2D eigenvalue weighted by molar-refractivity contribution is 7.98. The Morgan fingerprint density at radius 2 is 2.25 bits per heavy atom. The lowest BCUT2D eigenvalue weighted by Gasteiger charge is -2.21. The van der Waals surface area contributed by atoms with Gasteiger partial charge in [-0.1, -0.05) is 6.92 Å². The van der Waals surface area contributed by atoms with Gasteiger partial charge >= 0.3 is 5.97 Å². The van der Waals surface area contributed by atoms with Crippen molar-refractivity contribution in [1.82, 2.24) is 4.98 Å². The summed E-state index contributed by atoms with van der Waals surface area (Å²) < 4.78 is 0. The molecule has 0 fully saturated rings. The van der Waals surface area contributed by atoms with Gasteiger partial charge in [-0.15, -0.1) is 0 Å². The standard InChI is InChI=1S/C15H22N2O2S/c1-3-11(9-20-2)16-14-12(15(18)19)8-10-6-4-5-7-13(10)17-14/h8,11H,3-7,9H2,1-2H3,(H,16,17)(H,18,19). The van der Waals surface area contributed by atoms with Gasteiger partial charge < -0.3 is 10.4 Å². The van der Waals surface area contributed by atoms with Crippen LogP contribution >= 0.6 is 11.8 Å². The van der Waals surface area contributed by atoms with Crippen LogP contribution in [0.4, 0.5) is 5.82 Å². The number of rotatable bonds is 6. The normalized spacial score (nSPS) is 15.5. The maximum Gasteiger partial charge on any atom is 0.339 e. The minimum atomic E-state index is -0.896. The molecule has 1 unspecified atom stereocenters. The number of nitrogens with one attached hydrogen (secondary N) is 1. The number of carbonyl (C=O) groups is 1. The summed E-state index contributed by atoms with van der Waals surface area (Å²) in [6.45, 7) is 2.10. The maximum absolute atomic E-state index is 11.5. The van der Waals surface area contributed by atoms with Crippen molar-refractivity contribution in [2.75, 3.05) is 17.3 Å². The minimum absolute atomic E-state index is 0.261. The molecule has 1 aliphatic carbocycles. The zero-order valence-electron chi connectivity index (χ0n) is 12.1. The number of hydrogen-bond acceptors (Lipinski definition) is 4. The monoisotopic (exact) mass is 294 g/mol. The molecule has 1 heterocycles.